The van der Waals surface area contributed by atoms with Crippen LogP contribution in [-0.4, -0.2) is 27.8 Å². The van der Waals surface area contributed by atoms with Gasteiger partial charge in [0.05, 0.1) is 9.79 Å². The molecule has 0 amide bonds. The number of hydrogen-bond donors (Lipinski definition) is 0. The van der Waals surface area contributed by atoms with Gasteiger partial charge in [-0.3, -0.25) is 15.0 Å². The van der Waals surface area contributed by atoms with Gasteiger partial charge >= 0.3 is 0 Å². The van der Waals surface area contributed by atoms with Crippen LogP contribution in [0.5, 0.6) is 0 Å². The summed E-state index contributed by atoms with van der Waals surface area (Å²) in [6.45, 7) is 6.79. The number of likely N-dealkylation sites (tertiary alicyclic amines) is 1. The molecule has 1 saturated heterocycles. The highest BCUT2D eigenvalue weighted by atomic mass is 32.2. The van der Waals surface area contributed by atoms with Crippen LogP contribution in [-0.2, 0) is 0 Å². The summed E-state index contributed by atoms with van der Waals surface area (Å²) in [7, 11) is 0. The molecule has 21 heavy (non-hydrogen) atoms. The van der Waals surface area contributed by atoms with Crippen molar-refractivity contribution in [2.45, 2.75) is 36.5 Å². The number of rotatable bonds is 3. The fourth-order valence-corrected chi connectivity index (χ4v) is 4.62. The lowest BCUT2D eigenvalue weighted by molar-refractivity contribution is -0.384. The predicted octanol–water partition coefficient (Wildman–Crippen LogP) is 4.16. The summed E-state index contributed by atoms with van der Waals surface area (Å²) in [6.07, 6.45) is 6.84. The average molecular weight is 304 g/mol. The summed E-state index contributed by atoms with van der Waals surface area (Å²) >= 11 is 1.85. The van der Waals surface area contributed by atoms with Gasteiger partial charge in [-0.1, -0.05) is 37.8 Å². The second-order valence-electron chi connectivity index (χ2n) is 6.02. The van der Waals surface area contributed by atoms with Gasteiger partial charge in [-0.25, -0.2) is 0 Å². The Labute approximate surface area is 129 Å². The molecule has 1 atom stereocenters. The van der Waals surface area contributed by atoms with E-state index >= 15 is 0 Å². The average Bonchev–Trinajstić information content (AvgIpc) is 3.00. The standard InChI is InChI=1S/C16H20N2O2S/c1-12(2)16(17-9-3-4-10-17)8-7-13-11-14(18(19)20)5-6-15(13)21-16/h5-8,11-12H,3-4,9-10H2,1-2H3. The van der Waals surface area contributed by atoms with E-state index in [1.165, 1.54) is 12.8 Å². The zero-order chi connectivity index (χ0) is 15.0. The monoisotopic (exact) mass is 304 g/mol. The van der Waals surface area contributed by atoms with E-state index in [9.17, 15) is 10.1 Å². The van der Waals surface area contributed by atoms with Crippen LogP contribution in [0.4, 0.5) is 5.69 Å². The van der Waals surface area contributed by atoms with Crippen molar-refractivity contribution in [2.24, 2.45) is 5.92 Å². The molecule has 0 bridgehead atoms. The summed E-state index contributed by atoms with van der Waals surface area (Å²) in [5.74, 6) is 0.486. The summed E-state index contributed by atoms with van der Waals surface area (Å²) in [4.78, 5) is 14.3. The first-order valence-corrected chi connectivity index (χ1v) is 8.26. The van der Waals surface area contributed by atoms with Crippen molar-refractivity contribution in [3.8, 4) is 0 Å². The Morgan fingerprint density at radius 1 is 1.33 bits per heavy atom. The molecule has 5 heteroatoms. The molecule has 1 aromatic rings. The second kappa shape index (κ2) is 5.46. The van der Waals surface area contributed by atoms with Crippen LogP contribution in [0.25, 0.3) is 6.08 Å². The van der Waals surface area contributed by atoms with Gasteiger partial charge in [0.25, 0.3) is 5.69 Å². The Morgan fingerprint density at radius 3 is 2.67 bits per heavy atom. The van der Waals surface area contributed by atoms with Gasteiger partial charge in [0.1, 0.15) is 0 Å². The largest absolute Gasteiger partial charge is 0.285 e. The molecule has 1 fully saturated rings. The van der Waals surface area contributed by atoms with E-state index in [4.69, 9.17) is 0 Å². The lowest BCUT2D eigenvalue weighted by atomic mass is 9.99. The fraction of sp³-hybridized carbons (Fsp3) is 0.500. The van der Waals surface area contributed by atoms with Gasteiger partial charge in [-0.05, 0) is 43.5 Å². The summed E-state index contributed by atoms with van der Waals surface area (Å²) in [6, 6.07) is 5.18. The van der Waals surface area contributed by atoms with E-state index in [1.807, 2.05) is 17.8 Å². The normalized spacial score (nSPS) is 25.3. The smallest absolute Gasteiger partial charge is 0.270 e. The Morgan fingerprint density at radius 2 is 2.05 bits per heavy atom. The molecular weight excluding hydrogens is 284 g/mol. The topological polar surface area (TPSA) is 46.4 Å². The van der Waals surface area contributed by atoms with Crippen molar-refractivity contribution in [2.75, 3.05) is 13.1 Å². The van der Waals surface area contributed by atoms with Gasteiger partial charge in [-0.2, -0.15) is 0 Å². The number of non-ortho nitro benzene ring substituents is 1. The molecule has 2 aliphatic heterocycles. The molecule has 2 heterocycles. The molecule has 2 aliphatic rings. The zero-order valence-corrected chi connectivity index (χ0v) is 13.2. The number of thioether (sulfide) groups is 1. The number of fused-ring (bicyclic) bond motifs is 1. The molecule has 0 N–H and O–H groups in total. The quantitative estimate of drug-likeness (QED) is 0.621. The van der Waals surface area contributed by atoms with Crippen LogP contribution in [0.1, 0.15) is 32.3 Å². The first-order valence-electron chi connectivity index (χ1n) is 7.45. The summed E-state index contributed by atoms with van der Waals surface area (Å²) in [5.41, 5.74) is 1.13. The molecule has 0 saturated carbocycles. The van der Waals surface area contributed by atoms with Crippen LogP contribution >= 0.6 is 11.8 Å². The van der Waals surface area contributed by atoms with E-state index in [1.54, 1.807) is 12.1 Å². The third-order valence-electron chi connectivity index (χ3n) is 4.41. The molecular formula is C16H20N2O2S. The molecule has 4 nitrogen and oxygen atoms in total. The first-order chi connectivity index (χ1) is 10.0. The van der Waals surface area contributed by atoms with E-state index in [2.05, 4.69) is 30.9 Å². The molecule has 0 aliphatic carbocycles. The number of nitrogens with zero attached hydrogens (tertiary/aromatic N) is 2. The molecule has 1 unspecified atom stereocenters. The highest BCUT2D eigenvalue weighted by Gasteiger charge is 2.41. The third kappa shape index (κ3) is 2.49. The highest BCUT2D eigenvalue weighted by Crippen LogP contribution is 2.49. The van der Waals surface area contributed by atoms with Gasteiger partial charge in [-0.15, -0.1) is 0 Å². The Kier molecular flexibility index (Phi) is 3.80. The second-order valence-corrected chi connectivity index (χ2v) is 7.31. The Hall–Kier alpha value is -1.33. The van der Waals surface area contributed by atoms with Crippen LogP contribution in [0, 0.1) is 16.0 Å². The minimum Gasteiger partial charge on any atom is -0.285 e. The van der Waals surface area contributed by atoms with Crippen molar-refractivity contribution < 1.29 is 4.92 Å². The molecule has 1 aromatic carbocycles. The molecule has 0 aromatic heterocycles. The number of nitro benzene ring substituents is 1. The van der Waals surface area contributed by atoms with E-state index in [0.717, 1.165) is 23.5 Å². The number of hydrogen-bond acceptors (Lipinski definition) is 4. The van der Waals surface area contributed by atoms with E-state index < -0.39 is 0 Å². The maximum absolute atomic E-state index is 10.9. The van der Waals surface area contributed by atoms with Gasteiger partial charge in [0.2, 0.25) is 0 Å². The van der Waals surface area contributed by atoms with E-state index in [0.29, 0.717) is 5.92 Å². The van der Waals surface area contributed by atoms with Gasteiger partial charge in [0.15, 0.2) is 0 Å². The summed E-state index contributed by atoms with van der Waals surface area (Å²) in [5, 5.41) is 10.9. The first kappa shape index (κ1) is 14.6. The molecule has 0 spiro atoms. The SMILES string of the molecule is CC(C)C1(N2CCCC2)C=Cc2cc([N+](=O)[O-])ccc2S1. The lowest BCUT2D eigenvalue weighted by Gasteiger charge is -2.44. The number of benzene rings is 1. The minimum atomic E-state index is -0.330. The lowest BCUT2D eigenvalue weighted by Crippen LogP contribution is -2.47. The van der Waals surface area contributed by atoms with Gasteiger partial charge < -0.3 is 0 Å². The summed E-state index contributed by atoms with van der Waals surface area (Å²) < 4.78 is 0. The van der Waals surface area contributed by atoms with E-state index in [-0.39, 0.29) is 15.5 Å². The molecule has 112 valence electrons. The van der Waals surface area contributed by atoms with Crippen molar-refractivity contribution in [3.05, 3.63) is 40.0 Å². The third-order valence-corrected chi connectivity index (χ3v) is 6.19. The maximum Gasteiger partial charge on any atom is 0.270 e. The van der Waals surface area contributed by atoms with Crippen LogP contribution in [0.3, 0.4) is 0 Å². The minimum absolute atomic E-state index is 0.0143. The molecule has 3 rings (SSSR count). The van der Waals surface area contributed by atoms with Crippen molar-refractivity contribution in [1.29, 1.82) is 0 Å². The molecule has 0 radical (unpaired) electrons. The van der Waals surface area contributed by atoms with Gasteiger partial charge in [0, 0.05) is 17.0 Å². The van der Waals surface area contributed by atoms with Crippen molar-refractivity contribution in [3.63, 3.8) is 0 Å². The zero-order valence-electron chi connectivity index (χ0n) is 12.4. The van der Waals surface area contributed by atoms with Crippen LogP contribution in [0.15, 0.2) is 29.2 Å². The van der Waals surface area contributed by atoms with Crippen molar-refractivity contribution in [1.82, 2.24) is 4.90 Å². The fourth-order valence-electron chi connectivity index (χ4n) is 3.20. The maximum atomic E-state index is 10.9. The Bertz CT molecular complexity index is 594. The Balaban J connectivity index is 1.98. The van der Waals surface area contributed by atoms with Crippen molar-refractivity contribution >= 4 is 23.5 Å². The predicted molar refractivity (Wildman–Crippen MR) is 86.4 cm³/mol. The number of nitro groups is 1. The highest BCUT2D eigenvalue weighted by molar-refractivity contribution is 8.01. The van der Waals surface area contributed by atoms with Crippen LogP contribution in [0.2, 0.25) is 0 Å². The van der Waals surface area contributed by atoms with Crippen LogP contribution < -0.4 is 0 Å².